The van der Waals surface area contributed by atoms with Crippen molar-refractivity contribution in [3.8, 4) is 0 Å². The van der Waals surface area contributed by atoms with Crippen LogP contribution in [0.5, 0.6) is 0 Å². The molecule has 1 unspecified atom stereocenters. The third-order valence-corrected chi connectivity index (χ3v) is 3.47. The number of nitrogens with one attached hydrogen (secondary N) is 1. The Balaban J connectivity index is 2.27. The Labute approximate surface area is 130 Å². The Kier molecular flexibility index (Phi) is 4.65. The van der Waals surface area contributed by atoms with E-state index in [1.807, 2.05) is 6.92 Å². The fourth-order valence-corrected chi connectivity index (χ4v) is 2.52. The first kappa shape index (κ1) is 15.5. The second-order valence-electron chi connectivity index (χ2n) is 4.49. The van der Waals surface area contributed by atoms with E-state index in [4.69, 9.17) is 23.2 Å². The maximum absolute atomic E-state index is 13.4. The highest BCUT2D eigenvalue weighted by Gasteiger charge is 2.14. The summed E-state index contributed by atoms with van der Waals surface area (Å²) in [5, 5.41) is 14.7. The molecule has 0 aromatic heterocycles. The predicted octanol–water partition coefficient (Wildman–Crippen LogP) is 5.21. The first-order valence-corrected chi connectivity index (χ1v) is 6.79. The van der Waals surface area contributed by atoms with Crippen LogP contribution in [0.25, 0.3) is 0 Å². The van der Waals surface area contributed by atoms with Crippen molar-refractivity contribution in [3.63, 3.8) is 0 Å². The Bertz CT molecular complexity index is 695. The van der Waals surface area contributed by atoms with E-state index in [0.717, 1.165) is 11.6 Å². The molecule has 2 aromatic rings. The molecule has 2 rings (SSSR count). The van der Waals surface area contributed by atoms with Crippen molar-refractivity contribution >= 4 is 34.6 Å². The molecule has 21 heavy (non-hydrogen) atoms. The lowest BCUT2D eigenvalue weighted by atomic mass is 10.1. The summed E-state index contributed by atoms with van der Waals surface area (Å²) in [6.45, 7) is 1.81. The van der Waals surface area contributed by atoms with Crippen LogP contribution in [0.3, 0.4) is 0 Å². The normalized spacial score (nSPS) is 12.0. The van der Waals surface area contributed by atoms with Gasteiger partial charge >= 0.3 is 0 Å². The van der Waals surface area contributed by atoms with Gasteiger partial charge in [-0.15, -0.1) is 0 Å². The molecule has 7 heteroatoms. The smallest absolute Gasteiger partial charge is 0.274 e. The van der Waals surface area contributed by atoms with Gasteiger partial charge in [-0.2, -0.15) is 0 Å². The fraction of sp³-hybridized carbons (Fsp3) is 0.143. The van der Waals surface area contributed by atoms with E-state index in [0.29, 0.717) is 15.7 Å². The number of rotatable bonds is 4. The summed E-state index contributed by atoms with van der Waals surface area (Å²) in [5.41, 5.74) is 0.750. The topological polar surface area (TPSA) is 55.2 Å². The summed E-state index contributed by atoms with van der Waals surface area (Å²) in [4.78, 5) is 10.1. The fourth-order valence-electron chi connectivity index (χ4n) is 1.94. The standard InChI is InChI=1S/C14H11Cl2FN2O2/c1-8(13-3-2-9(15)4-14(13)16)18-11-5-10(17)6-12(7-11)19(20)21/h2-8,18H,1H3. The molecule has 0 aliphatic rings. The zero-order valence-electron chi connectivity index (χ0n) is 10.9. The average molecular weight is 329 g/mol. The van der Waals surface area contributed by atoms with Crippen molar-refractivity contribution in [1.82, 2.24) is 0 Å². The van der Waals surface area contributed by atoms with E-state index in [-0.39, 0.29) is 11.7 Å². The Morgan fingerprint density at radius 1 is 1.24 bits per heavy atom. The van der Waals surface area contributed by atoms with Crippen LogP contribution in [-0.4, -0.2) is 4.92 Å². The minimum absolute atomic E-state index is 0.267. The van der Waals surface area contributed by atoms with Crippen molar-refractivity contribution in [2.24, 2.45) is 0 Å². The molecule has 0 radical (unpaired) electrons. The van der Waals surface area contributed by atoms with Gasteiger partial charge in [0.1, 0.15) is 5.82 Å². The van der Waals surface area contributed by atoms with Crippen molar-refractivity contribution in [1.29, 1.82) is 0 Å². The van der Waals surface area contributed by atoms with Crippen LogP contribution < -0.4 is 5.32 Å². The Hall–Kier alpha value is -1.85. The quantitative estimate of drug-likeness (QED) is 0.618. The van der Waals surface area contributed by atoms with Crippen molar-refractivity contribution in [2.75, 3.05) is 5.32 Å². The third-order valence-electron chi connectivity index (χ3n) is 2.91. The van der Waals surface area contributed by atoms with Gasteiger partial charge in [0, 0.05) is 27.8 Å². The van der Waals surface area contributed by atoms with Crippen molar-refractivity contribution < 1.29 is 9.31 Å². The van der Waals surface area contributed by atoms with Crippen LogP contribution in [0.2, 0.25) is 10.0 Å². The summed E-state index contributed by atoms with van der Waals surface area (Å²) in [6, 6.07) is 8.09. The van der Waals surface area contributed by atoms with E-state index in [1.54, 1.807) is 18.2 Å². The average Bonchev–Trinajstić information content (AvgIpc) is 2.37. The number of hydrogen-bond acceptors (Lipinski definition) is 3. The van der Waals surface area contributed by atoms with Crippen LogP contribution >= 0.6 is 23.2 Å². The summed E-state index contributed by atoms with van der Waals surface area (Å²) < 4.78 is 13.4. The third kappa shape index (κ3) is 3.83. The summed E-state index contributed by atoms with van der Waals surface area (Å²) in [7, 11) is 0. The zero-order valence-corrected chi connectivity index (χ0v) is 12.5. The molecule has 0 saturated heterocycles. The lowest BCUT2D eigenvalue weighted by Crippen LogP contribution is -2.07. The molecule has 0 fully saturated rings. The summed E-state index contributed by atoms with van der Waals surface area (Å²) in [5.74, 6) is -0.680. The number of benzene rings is 2. The number of nitro groups is 1. The van der Waals surface area contributed by atoms with Gasteiger partial charge in [-0.25, -0.2) is 4.39 Å². The zero-order chi connectivity index (χ0) is 15.6. The van der Waals surface area contributed by atoms with Crippen LogP contribution in [0.15, 0.2) is 36.4 Å². The molecule has 4 nitrogen and oxygen atoms in total. The number of nitrogens with zero attached hydrogens (tertiary/aromatic N) is 1. The van der Waals surface area contributed by atoms with Crippen LogP contribution in [0.1, 0.15) is 18.5 Å². The molecule has 1 N–H and O–H groups in total. The monoisotopic (exact) mass is 328 g/mol. The van der Waals surface area contributed by atoms with E-state index in [9.17, 15) is 14.5 Å². The summed E-state index contributed by atoms with van der Waals surface area (Å²) in [6.07, 6.45) is 0. The molecule has 0 aliphatic carbocycles. The molecule has 0 heterocycles. The number of hydrogen-bond donors (Lipinski definition) is 1. The minimum Gasteiger partial charge on any atom is -0.378 e. The van der Waals surface area contributed by atoms with Crippen LogP contribution in [-0.2, 0) is 0 Å². The number of anilines is 1. The highest BCUT2D eigenvalue weighted by molar-refractivity contribution is 6.35. The van der Waals surface area contributed by atoms with Crippen molar-refractivity contribution in [3.05, 3.63) is 67.9 Å². The lowest BCUT2D eigenvalue weighted by Gasteiger charge is -2.17. The molecule has 0 spiro atoms. The van der Waals surface area contributed by atoms with Crippen LogP contribution in [0.4, 0.5) is 15.8 Å². The predicted molar refractivity (Wildman–Crippen MR) is 81.6 cm³/mol. The number of non-ortho nitro benzene ring substituents is 1. The maximum Gasteiger partial charge on any atom is 0.274 e. The second kappa shape index (κ2) is 6.28. The van der Waals surface area contributed by atoms with Gasteiger partial charge in [-0.3, -0.25) is 10.1 Å². The first-order chi connectivity index (χ1) is 9.86. The SMILES string of the molecule is CC(Nc1cc(F)cc([N+](=O)[O-])c1)c1ccc(Cl)cc1Cl. The van der Waals surface area contributed by atoms with Gasteiger partial charge in [0.25, 0.3) is 5.69 Å². The van der Waals surface area contributed by atoms with Gasteiger partial charge in [0.2, 0.25) is 0 Å². The highest BCUT2D eigenvalue weighted by Crippen LogP contribution is 2.29. The van der Waals surface area contributed by atoms with Gasteiger partial charge < -0.3 is 5.32 Å². The van der Waals surface area contributed by atoms with E-state index in [1.165, 1.54) is 12.1 Å². The molecule has 0 amide bonds. The lowest BCUT2D eigenvalue weighted by molar-refractivity contribution is -0.385. The van der Waals surface area contributed by atoms with E-state index < -0.39 is 10.7 Å². The van der Waals surface area contributed by atoms with Crippen molar-refractivity contribution in [2.45, 2.75) is 13.0 Å². The molecule has 2 aromatic carbocycles. The highest BCUT2D eigenvalue weighted by atomic mass is 35.5. The van der Waals surface area contributed by atoms with Gasteiger partial charge in [-0.1, -0.05) is 29.3 Å². The number of halogens is 3. The largest absolute Gasteiger partial charge is 0.378 e. The maximum atomic E-state index is 13.4. The van der Waals surface area contributed by atoms with E-state index >= 15 is 0 Å². The molecule has 1 atom stereocenters. The molecular formula is C14H11Cl2FN2O2. The van der Waals surface area contributed by atoms with Gasteiger partial charge in [0.15, 0.2) is 0 Å². The second-order valence-corrected chi connectivity index (χ2v) is 5.33. The van der Waals surface area contributed by atoms with Crippen LogP contribution in [0, 0.1) is 15.9 Å². The molecule has 0 saturated carbocycles. The summed E-state index contributed by atoms with van der Waals surface area (Å²) >= 11 is 11.9. The molecule has 0 bridgehead atoms. The Morgan fingerprint density at radius 3 is 2.57 bits per heavy atom. The molecular weight excluding hydrogens is 318 g/mol. The van der Waals surface area contributed by atoms with Gasteiger partial charge in [0.05, 0.1) is 11.0 Å². The van der Waals surface area contributed by atoms with E-state index in [2.05, 4.69) is 5.32 Å². The molecule has 0 aliphatic heterocycles. The first-order valence-electron chi connectivity index (χ1n) is 6.03. The minimum atomic E-state index is -0.680. The number of nitro benzene ring substituents is 1. The van der Waals surface area contributed by atoms with Gasteiger partial charge in [-0.05, 0) is 30.7 Å². The molecule has 110 valence electrons. The Morgan fingerprint density at radius 2 is 1.95 bits per heavy atom.